The van der Waals surface area contributed by atoms with Gasteiger partial charge in [0.2, 0.25) is 0 Å². The molecule has 0 unspecified atom stereocenters. The molecule has 0 amide bonds. The lowest BCUT2D eigenvalue weighted by molar-refractivity contribution is 0.112. The molecule has 0 heterocycles. The molecule has 1 rings (SSSR count). The van der Waals surface area contributed by atoms with Crippen molar-refractivity contribution >= 4 is 14.6 Å². The van der Waals surface area contributed by atoms with Crippen LogP contribution in [-0.2, 0) is 10.8 Å². The van der Waals surface area contributed by atoms with E-state index in [0.717, 1.165) is 31.3 Å². The number of rotatable bonds is 9. The average molecular weight is 321 g/mol. The molecule has 2 nitrogen and oxygen atoms in total. The molecule has 0 atom stereocenters. The third-order valence-corrected chi connectivity index (χ3v) is 9.28. The van der Waals surface area contributed by atoms with Crippen LogP contribution in [0.15, 0.2) is 24.3 Å². The first kappa shape index (κ1) is 19.1. The van der Waals surface area contributed by atoms with Crippen LogP contribution in [-0.4, -0.2) is 21.2 Å². The monoisotopic (exact) mass is 320 g/mol. The fourth-order valence-corrected chi connectivity index (χ4v) is 3.18. The molecule has 1 aromatic carbocycles. The highest BCUT2D eigenvalue weighted by Gasteiger charge is 2.36. The Morgan fingerprint density at radius 2 is 1.59 bits per heavy atom. The maximum Gasteiger partial charge on any atom is 0.191 e. The second-order valence-electron chi connectivity index (χ2n) is 7.63. The quantitative estimate of drug-likeness (QED) is 0.335. The molecule has 0 radical (unpaired) electrons. The van der Waals surface area contributed by atoms with Crippen LogP contribution in [0.5, 0.6) is 0 Å². The molecule has 0 N–H and O–H groups in total. The smallest absolute Gasteiger partial charge is 0.191 e. The summed E-state index contributed by atoms with van der Waals surface area (Å²) in [4.78, 5) is 10.6. The van der Waals surface area contributed by atoms with Gasteiger partial charge in [0.05, 0.1) is 0 Å². The van der Waals surface area contributed by atoms with Crippen molar-refractivity contribution in [3.05, 3.63) is 35.4 Å². The van der Waals surface area contributed by atoms with Gasteiger partial charge in [-0.25, -0.2) is 0 Å². The van der Waals surface area contributed by atoms with Crippen molar-refractivity contribution in [1.82, 2.24) is 0 Å². The lowest BCUT2D eigenvalue weighted by Crippen LogP contribution is -2.40. The number of hydrogen-bond donors (Lipinski definition) is 0. The number of aryl methyl sites for hydroxylation is 1. The van der Waals surface area contributed by atoms with Gasteiger partial charge in [0.1, 0.15) is 6.29 Å². The first-order valence-corrected chi connectivity index (χ1v) is 11.4. The van der Waals surface area contributed by atoms with E-state index in [1.54, 1.807) is 0 Å². The van der Waals surface area contributed by atoms with Crippen LogP contribution >= 0.6 is 0 Å². The zero-order valence-electron chi connectivity index (χ0n) is 14.9. The molecule has 0 aliphatic heterocycles. The second kappa shape index (κ2) is 8.63. The molecule has 124 valence electrons. The van der Waals surface area contributed by atoms with Crippen molar-refractivity contribution in [2.75, 3.05) is 6.61 Å². The molecule has 0 aliphatic rings. The Hall–Kier alpha value is -0.933. The Morgan fingerprint density at radius 3 is 2.14 bits per heavy atom. The maximum absolute atomic E-state index is 10.6. The van der Waals surface area contributed by atoms with Crippen LogP contribution in [0.25, 0.3) is 0 Å². The molecule has 0 saturated heterocycles. The Balaban J connectivity index is 2.12. The number of aldehydes is 1. The Morgan fingerprint density at radius 1 is 1.00 bits per heavy atom. The summed E-state index contributed by atoms with van der Waals surface area (Å²) in [7, 11) is -1.56. The summed E-state index contributed by atoms with van der Waals surface area (Å²) in [5.41, 5.74) is 2.08. The Kier molecular flexibility index (Phi) is 7.50. The Bertz CT molecular complexity index is 443. The Labute approximate surface area is 137 Å². The third kappa shape index (κ3) is 6.45. The van der Waals surface area contributed by atoms with E-state index in [-0.39, 0.29) is 0 Å². The van der Waals surface area contributed by atoms with Crippen molar-refractivity contribution in [3.63, 3.8) is 0 Å². The van der Waals surface area contributed by atoms with Crippen LogP contribution in [0.3, 0.4) is 0 Å². The number of benzene rings is 1. The largest absolute Gasteiger partial charge is 0.417 e. The summed E-state index contributed by atoms with van der Waals surface area (Å²) in [5, 5.41) is 0.306. The molecule has 0 fully saturated rings. The normalized spacial score (nSPS) is 12.4. The topological polar surface area (TPSA) is 26.3 Å². The van der Waals surface area contributed by atoms with Crippen molar-refractivity contribution in [2.45, 2.75) is 71.0 Å². The van der Waals surface area contributed by atoms with Gasteiger partial charge in [-0.3, -0.25) is 4.79 Å². The van der Waals surface area contributed by atoms with Crippen molar-refractivity contribution in [2.24, 2.45) is 0 Å². The number of hydrogen-bond acceptors (Lipinski definition) is 2. The van der Waals surface area contributed by atoms with Crippen molar-refractivity contribution in [1.29, 1.82) is 0 Å². The molecule has 0 spiro atoms. The highest BCUT2D eigenvalue weighted by Crippen LogP contribution is 2.36. The van der Waals surface area contributed by atoms with Gasteiger partial charge in [0.25, 0.3) is 0 Å². The van der Waals surface area contributed by atoms with E-state index in [9.17, 15) is 4.79 Å². The van der Waals surface area contributed by atoms with Crippen LogP contribution in [0.2, 0.25) is 18.1 Å². The molecule has 22 heavy (non-hydrogen) atoms. The summed E-state index contributed by atoms with van der Waals surface area (Å²) >= 11 is 0. The first-order valence-electron chi connectivity index (χ1n) is 8.44. The van der Waals surface area contributed by atoms with E-state index in [2.05, 4.69) is 46.0 Å². The lowest BCUT2D eigenvalue weighted by atomic mass is 10.0. The van der Waals surface area contributed by atoms with Crippen LogP contribution in [0.4, 0.5) is 0 Å². The van der Waals surface area contributed by atoms with Gasteiger partial charge in [-0.1, -0.05) is 57.9 Å². The highest BCUT2D eigenvalue weighted by atomic mass is 28.4. The summed E-state index contributed by atoms with van der Waals surface area (Å²) in [5.74, 6) is 0. The predicted octanol–water partition coefficient (Wildman–Crippen LogP) is 5.62. The predicted molar refractivity (Wildman–Crippen MR) is 97.2 cm³/mol. The van der Waals surface area contributed by atoms with Crippen LogP contribution in [0.1, 0.15) is 62.4 Å². The summed E-state index contributed by atoms with van der Waals surface area (Å²) in [6, 6.07) is 7.92. The van der Waals surface area contributed by atoms with E-state index in [1.165, 1.54) is 24.8 Å². The van der Waals surface area contributed by atoms with E-state index in [1.807, 2.05) is 12.1 Å². The second-order valence-corrected chi connectivity index (χ2v) is 12.4. The summed E-state index contributed by atoms with van der Waals surface area (Å²) in [6.07, 6.45) is 6.85. The SMILES string of the molecule is CC(C)(C)[Si](C)(C)OCCCCCCc1ccc(C=O)cc1. The van der Waals surface area contributed by atoms with E-state index in [4.69, 9.17) is 4.43 Å². The molecule has 1 aromatic rings. The average Bonchev–Trinajstić information content (AvgIpc) is 2.45. The van der Waals surface area contributed by atoms with Crippen molar-refractivity contribution < 1.29 is 9.22 Å². The van der Waals surface area contributed by atoms with Gasteiger partial charge < -0.3 is 4.43 Å². The van der Waals surface area contributed by atoms with Crippen LogP contribution < -0.4 is 0 Å². The molecular weight excluding hydrogens is 288 g/mol. The standard InChI is InChI=1S/C19H32O2Si/c1-19(2,3)22(4,5)21-15-9-7-6-8-10-17-11-13-18(16-20)14-12-17/h11-14,16H,6-10,15H2,1-5H3. The van der Waals surface area contributed by atoms with E-state index in [0.29, 0.717) is 5.04 Å². The minimum absolute atomic E-state index is 0.306. The molecule has 3 heteroatoms. The lowest BCUT2D eigenvalue weighted by Gasteiger charge is -2.36. The van der Waals surface area contributed by atoms with Crippen molar-refractivity contribution in [3.8, 4) is 0 Å². The fraction of sp³-hybridized carbons (Fsp3) is 0.632. The first-order chi connectivity index (χ1) is 10.3. The third-order valence-electron chi connectivity index (χ3n) is 4.74. The maximum atomic E-state index is 10.6. The van der Waals surface area contributed by atoms with E-state index < -0.39 is 8.32 Å². The molecule has 0 saturated carbocycles. The zero-order chi connectivity index (χ0) is 16.6. The summed E-state index contributed by atoms with van der Waals surface area (Å²) < 4.78 is 6.19. The fourth-order valence-electron chi connectivity index (χ4n) is 2.09. The molecule has 0 aromatic heterocycles. The van der Waals surface area contributed by atoms with Crippen LogP contribution in [0, 0.1) is 0 Å². The summed E-state index contributed by atoms with van der Waals surface area (Å²) in [6.45, 7) is 12.4. The number of carbonyl (C=O) groups is 1. The number of carbonyl (C=O) groups excluding carboxylic acids is 1. The van der Waals surface area contributed by atoms with Gasteiger partial charge in [-0.15, -0.1) is 0 Å². The molecule has 0 aliphatic carbocycles. The van der Waals surface area contributed by atoms with Gasteiger partial charge in [0.15, 0.2) is 8.32 Å². The van der Waals surface area contributed by atoms with Gasteiger partial charge in [0, 0.05) is 12.2 Å². The highest BCUT2D eigenvalue weighted by molar-refractivity contribution is 6.74. The number of unbranched alkanes of at least 4 members (excludes halogenated alkanes) is 3. The minimum Gasteiger partial charge on any atom is -0.417 e. The van der Waals surface area contributed by atoms with E-state index >= 15 is 0 Å². The molecular formula is C19H32O2Si. The molecule has 0 bridgehead atoms. The van der Waals surface area contributed by atoms with Gasteiger partial charge in [-0.2, -0.15) is 0 Å². The van der Waals surface area contributed by atoms with Gasteiger partial charge in [-0.05, 0) is 43.0 Å². The van der Waals surface area contributed by atoms with Gasteiger partial charge >= 0.3 is 0 Å². The zero-order valence-corrected chi connectivity index (χ0v) is 15.9. The minimum atomic E-state index is -1.56.